The minimum atomic E-state index is 0.603. The highest BCUT2D eigenvalue weighted by atomic mass is 32.2. The van der Waals surface area contributed by atoms with Gasteiger partial charge in [-0.15, -0.1) is 21.5 Å². The predicted molar refractivity (Wildman–Crippen MR) is 106 cm³/mol. The van der Waals surface area contributed by atoms with Crippen molar-refractivity contribution in [2.75, 3.05) is 5.75 Å². The van der Waals surface area contributed by atoms with E-state index < -0.39 is 0 Å². The molecule has 0 spiro atoms. The van der Waals surface area contributed by atoms with Crippen LogP contribution < -0.4 is 0 Å². The Labute approximate surface area is 164 Å². The number of hydrogen-bond donors (Lipinski definition) is 0. The molecule has 0 fully saturated rings. The summed E-state index contributed by atoms with van der Waals surface area (Å²) in [4.78, 5) is 9.59. The van der Waals surface area contributed by atoms with Gasteiger partial charge in [-0.05, 0) is 36.9 Å². The van der Waals surface area contributed by atoms with Crippen molar-refractivity contribution in [1.82, 2.24) is 29.9 Å². The lowest BCUT2D eigenvalue weighted by Crippen LogP contribution is -1.99. The third-order valence-corrected chi connectivity index (χ3v) is 5.87. The SMILES string of the molecule is CCn1c(SCCCc2nc(-c3ccncc3)no2)nnc1-c1cccs1. The summed E-state index contributed by atoms with van der Waals surface area (Å²) in [7, 11) is 0. The lowest BCUT2D eigenvalue weighted by molar-refractivity contribution is 0.378. The summed E-state index contributed by atoms with van der Waals surface area (Å²) in [6.45, 7) is 2.96. The summed E-state index contributed by atoms with van der Waals surface area (Å²) in [6, 6.07) is 7.85. The number of rotatable bonds is 8. The molecule has 0 amide bonds. The fraction of sp³-hybridized carbons (Fsp3) is 0.278. The summed E-state index contributed by atoms with van der Waals surface area (Å²) in [5.41, 5.74) is 0.909. The van der Waals surface area contributed by atoms with Gasteiger partial charge in [0.15, 0.2) is 11.0 Å². The van der Waals surface area contributed by atoms with Crippen LogP contribution in [0.5, 0.6) is 0 Å². The number of nitrogens with zero attached hydrogens (tertiary/aromatic N) is 6. The molecule has 4 rings (SSSR count). The molecule has 0 radical (unpaired) electrons. The second-order valence-electron chi connectivity index (χ2n) is 5.73. The van der Waals surface area contributed by atoms with Gasteiger partial charge in [0.1, 0.15) is 0 Å². The van der Waals surface area contributed by atoms with Crippen LogP contribution in [-0.4, -0.2) is 35.6 Å². The summed E-state index contributed by atoms with van der Waals surface area (Å²) in [5, 5.41) is 15.8. The topological polar surface area (TPSA) is 82.5 Å². The van der Waals surface area contributed by atoms with Crippen LogP contribution >= 0.6 is 23.1 Å². The summed E-state index contributed by atoms with van der Waals surface area (Å²) in [5.74, 6) is 3.11. The molecule has 0 N–H and O–H groups in total. The van der Waals surface area contributed by atoms with Gasteiger partial charge in [0, 0.05) is 36.7 Å². The first kappa shape index (κ1) is 17.9. The van der Waals surface area contributed by atoms with E-state index in [9.17, 15) is 0 Å². The quantitative estimate of drug-likeness (QED) is 0.325. The zero-order valence-corrected chi connectivity index (χ0v) is 16.4. The summed E-state index contributed by atoms with van der Waals surface area (Å²) in [6.07, 6.45) is 5.10. The molecule has 0 aliphatic carbocycles. The number of thioether (sulfide) groups is 1. The van der Waals surface area contributed by atoms with E-state index in [1.165, 1.54) is 0 Å². The zero-order valence-electron chi connectivity index (χ0n) is 14.8. The fourth-order valence-corrected chi connectivity index (χ4v) is 4.29. The van der Waals surface area contributed by atoms with Gasteiger partial charge >= 0.3 is 0 Å². The van der Waals surface area contributed by atoms with Crippen molar-refractivity contribution in [3.05, 3.63) is 47.9 Å². The third-order valence-electron chi connectivity index (χ3n) is 3.95. The van der Waals surface area contributed by atoms with Crippen LogP contribution in [0, 0.1) is 0 Å². The van der Waals surface area contributed by atoms with Gasteiger partial charge in [0.25, 0.3) is 0 Å². The van der Waals surface area contributed by atoms with Crippen LogP contribution in [0.15, 0.2) is 51.7 Å². The molecule has 4 heterocycles. The molecule has 0 aromatic carbocycles. The predicted octanol–water partition coefficient (Wildman–Crippen LogP) is 4.20. The molecule has 4 aromatic heterocycles. The number of hydrogen-bond acceptors (Lipinski definition) is 8. The molecule has 0 saturated carbocycles. The largest absolute Gasteiger partial charge is 0.339 e. The molecule has 0 aliphatic heterocycles. The number of aromatic nitrogens is 6. The van der Waals surface area contributed by atoms with Gasteiger partial charge < -0.3 is 9.09 Å². The fourth-order valence-electron chi connectivity index (χ4n) is 2.63. The molecule has 0 atom stereocenters. The van der Waals surface area contributed by atoms with E-state index in [0.717, 1.165) is 46.6 Å². The maximum atomic E-state index is 5.35. The molecule has 9 heteroatoms. The highest BCUT2D eigenvalue weighted by Gasteiger charge is 2.14. The van der Waals surface area contributed by atoms with Gasteiger partial charge in [-0.2, -0.15) is 4.98 Å². The number of pyridine rings is 1. The Hall–Kier alpha value is -2.52. The van der Waals surface area contributed by atoms with Crippen molar-refractivity contribution >= 4 is 23.1 Å². The molecule has 4 aromatic rings. The highest BCUT2D eigenvalue weighted by molar-refractivity contribution is 7.99. The maximum Gasteiger partial charge on any atom is 0.226 e. The van der Waals surface area contributed by atoms with Crippen LogP contribution in [0.4, 0.5) is 0 Å². The minimum Gasteiger partial charge on any atom is -0.339 e. The van der Waals surface area contributed by atoms with E-state index in [1.807, 2.05) is 18.2 Å². The van der Waals surface area contributed by atoms with Crippen LogP contribution in [0.25, 0.3) is 22.1 Å². The lowest BCUT2D eigenvalue weighted by atomic mass is 10.2. The Kier molecular flexibility index (Phi) is 5.59. The second kappa shape index (κ2) is 8.45. The Morgan fingerprint density at radius 1 is 1.19 bits per heavy atom. The average Bonchev–Trinajstić information content (AvgIpc) is 3.46. The average molecular weight is 399 g/mol. The molecular formula is C18H18N6OS2. The Bertz CT molecular complexity index is 981. The molecule has 138 valence electrons. The van der Waals surface area contributed by atoms with Crippen molar-refractivity contribution in [2.45, 2.75) is 31.5 Å². The van der Waals surface area contributed by atoms with E-state index in [2.05, 4.69) is 48.3 Å². The standard InChI is InChI=1S/C18H18N6OS2/c1-2-24-17(14-5-3-11-26-14)21-22-18(24)27-12-4-6-15-20-16(23-25-15)13-7-9-19-10-8-13/h3,5,7-11H,2,4,6,12H2,1H3. The molecule has 0 aliphatic rings. The molecule has 7 nitrogen and oxygen atoms in total. The van der Waals surface area contributed by atoms with Gasteiger partial charge in [0.05, 0.1) is 4.88 Å². The van der Waals surface area contributed by atoms with E-state index >= 15 is 0 Å². The Balaban J connectivity index is 1.33. The van der Waals surface area contributed by atoms with Gasteiger partial charge in [-0.1, -0.05) is 23.0 Å². The van der Waals surface area contributed by atoms with Gasteiger partial charge in [-0.3, -0.25) is 4.98 Å². The molecular weight excluding hydrogens is 380 g/mol. The zero-order chi connectivity index (χ0) is 18.5. The van der Waals surface area contributed by atoms with Gasteiger partial charge in [0.2, 0.25) is 11.7 Å². The van der Waals surface area contributed by atoms with E-state index in [4.69, 9.17) is 4.52 Å². The second-order valence-corrected chi connectivity index (χ2v) is 7.74. The molecule has 0 unspecified atom stereocenters. The first-order valence-corrected chi connectivity index (χ1v) is 10.5. The van der Waals surface area contributed by atoms with Crippen LogP contribution in [0.2, 0.25) is 0 Å². The van der Waals surface area contributed by atoms with Crippen LogP contribution in [0.1, 0.15) is 19.2 Å². The minimum absolute atomic E-state index is 0.603. The maximum absolute atomic E-state index is 5.35. The number of thiophene rings is 1. The van der Waals surface area contributed by atoms with Crippen molar-refractivity contribution in [3.63, 3.8) is 0 Å². The Morgan fingerprint density at radius 3 is 2.85 bits per heavy atom. The Morgan fingerprint density at radius 2 is 2.07 bits per heavy atom. The molecule has 0 saturated heterocycles. The number of aryl methyl sites for hydroxylation is 1. The van der Waals surface area contributed by atoms with Crippen molar-refractivity contribution in [1.29, 1.82) is 0 Å². The highest BCUT2D eigenvalue weighted by Crippen LogP contribution is 2.27. The van der Waals surface area contributed by atoms with Crippen molar-refractivity contribution in [3.8, 4) is 22.1 Å². The van der Waals surface area contributed by atoms with E-state index in [1.54, 1.807) is 35.5 Å². The van der Waals surface area contributed by atoms with Crippen molar-refractivity contribution in [2.24, 2.45) is 0 Å². The lowest BCUT2D eigenvalue weighted by Gasteiger charge is -2.05. The summed E-state index contributed by atoms with van der Waals surface area (Å²) >= 11 is 3.39. The smallest absolute Gasteiger partial charge is 0.226 e. The van der Waals surface area contributed by atoms with Crippen molar-refractivity contribution < 1.29 is 4.52 Å². The first-order chi connectivity index (χ1) is 13.3. The van der Waals surface area contributed by atoms with E-state index in [0.29, 0.717) is 11.7 Å². The molecule has 0 bridgehead atoms. The summed E-state index contributed by atoms with van der Waals surface area (Å²) < 4.78 is 7.50. The third kappa shape index (κ3) is 4.09. The van der Waals surface area contributed by atoms with E-state index in [-0.39, 0.29) is 0 Å². The molecule has 27 heavy (non-hydrogen) atoms. The van der Waals surface area contributed by atoms with Crippen LogP contribution in [0.3, 0.4) is 0 Å². The van der Waals surface area contributed by atoms with Crippen LogP contribution in [-0.2, 0) is 13.0 Å². The normalized spacial score (nSPS) is 11.1. The van der Waals surface area contributed by atoms with Gasteiger partial charge in [-0.25, -0.2) is 0 Å². The monoisotopic (exact) mass is 398 g/mol. The first-order valence-electron chi connectivity index (χ1n) is 8.68.